The largest absolute Gasteiger partial charge is 0.345 e. The van der Waals surface area contributed by atoms with Gasteiger partial charge in [0.05, 0.1) is 23.1 Å². The van der Waals surface area contributed by atoms with Gasteiger partial charge in [-0.25, -0.2) is 9.97 Å². The second kappa shape index (κ2) is 5.46. The third-order valence-electron chi connectivity index (χ3n) is 4.41. The first-order chi connectivity index (χ1) is 11.3. The van der Waals surface area contributed by atoms with Crippen LogP contribution in [-0.2, 0) is 7.05 Å². The van der Waals surface area contributed by atoms with Crippen molar-refractivity contribution in [1.29, 1.82) is 0 Å². The summed E-state index contributed by atoms with van der Waals surface area (Å²) in [5.41, 5.74) is 0.744. The van der Waals surface area contributed by atoms with E-state index in [1.165, 1.54) is 0 Å². The number of hydrogen-bond donors (Lipinski definition) is 0. The summed E-state index contributed by atoms with van der Waals surface area (Å²) in [7, 11) is 1.80. The molecule has 1 saturated heterocycles. The summed E-state index contributed by atoms with van der Waals surface area (Å²) in [4.78, 5) is 28.1. The molecule has 0 bridgehead atoms. The second-order valence-electron chi connectivity index (χ2n) is 5.77. The predicted octanol–water partition coefficient (Wildman–Crippen LogP) is 2.06. The Kier molecular flexibility index (Phi) is 3.29. The van der Waals surface area contributed by atoms with Crippen molar-refractivity contribution in [3.63, 3.8) is 0 Å². The van der Waals surface area contributed by atoms with Crippen LogP contribution in [0.25, 0.3) is 10.9 Å². The fourth-order valence-corrected chi connectivity index (χ4v) is 3.28. The van der Waals surface area contributed by atoms with Crippen molar-refractivity contribution in [3.05, 3.63) is 59.0 Å². The maximum Gasteiger partial charge on any atom is 0.261 e. The maximum absolute atomic E-state index is 12.6. The van der Waals surface area contributed by atoms with Crippen LogP contribution in [0.1, 0.15) is 24.7 Å². The summed E-state index contributed by atoms with van der Waals surface area (Å²) in [6.07, 6.45) is 7.12. The van der Waals surface area contributed by atoms with Gasteiger partial charge in [-0.15, -0.1) is 0 Å². The summed E-state index contributed by atoms with van der Waals surface area (Å²) < 4.78 is 1.67. The molecule has 116 valence electrons. The first-order valence-corrected chi connectivity index (χ1v) is 7.74. The summed E-state index contributed by atoms with van der Waals surface area (Å²) in [6, 6.07) is 7.54. The number of nitrogens with zero attached hydrogens (tertiary/aromatic N) is 5. The van der Waals surface area contributed by atoms with Gasteiger partial charge >= 0.3 is 0 Å². The van der Waals surface area contributed by atoms with E-state index in [-0.39, 0.29) is 11.6 Å². The minimum absolute atomic E-state index is 0.00315. The lowest BCUT2D eigenvalue weighted by Crippen LogP contribution is -2.31. The minimum Gasteiger partial charge on any atom is -0.345 e. The topological polar surface area (TPSA) is 63.9 Å². The van der Waals surface area contributed by atoms with Crippen LogP contribution in [-0.4, -0.2) is 26.1 Å². The number of benzene rings is 1. The van der Waals surface area contributed by atoms with E-state index in [2.05, 4.69) is 14.9 Å². The Balaban J connectivity index is 1.85. The van der Waals surface area contributed by atoms with Crippen LogP contribution in [0.4, 0.5) is 5.82 Å². The molecular formula is C17H17N5O. The molecule has 1 atom stereocenters. The number of hydrogen-bond acceptors (Lipinski definition) is 5. The Bertz CT molecular complexity index is 906. The van der Waals surface area contributed by atoms with Crippen molar-refractivity contribution < 1.29 is 0 Å². The first kappa shape index (κ1) is 13.9. The number of anilines is 1. The lowest BCUT2D eigenvalue weighted by atomic mass is 10.1. The Hall–Kier alpha value is -2.76. The zero-order valence-electron chi connectivity index (χ0n) is 12.9. The standard InChI is InChI=1S/C17H17N5O/c1-21-16(20-13-6-3-2-5-12(13)17(21)23)14-7-4-10-22(14)15-11-18-8-9-19-15/h2-3,5-6,8-9,11,14H,4,7,10H2,1H3. The van der Waals surface area contributed by atoms with Crippen molar-refractivity contribution >= 4 is 16.7 Å². The highest BCUT2D eigenvalue weighted by atomic mass is 16.1. The van der Waals surface area contributed by atoms with Gasteiger partial charge in [0.2, 0.25) is 0 Å². The molecule has 3 aromatic rings. The van der Waals surface area contributed by atoms with Crippen LogP contribution in [0, 0.1) is 0 Å². The molecule has 0 amide bonds. The zero-order valence-corrected chi connectivity index (χ0v) is 12.9. The summed E-state index contributed by atoms with van der Waals surface area (Å²) in [6.45, 7) is 0.895. The van der Waals surface area contributed by atoms with E-state index >= 15 is 0 Å². The summed E-state index contributed by atoms with van der Waals surface area (Å²) in [5.74, 6) is 1.62. The Morgan fingerprint density at radius 3 is 2.91 bits per heavy atom. The molecule has 3 heterocycles. The molecule has 4 rings (SSSR count). The Morgan fingerprint density at radius 2 is 2.09 bits per heavy atom. The van der Waals surface area contributed by atoms with Crippen molar-refractivity contribution in [2.45, 2.75) is 18.9 Å². The van der Waals surface area contributed by atoms with Crippen LogP contribution in [0.15, 0.2) is 47.7 Å². The van der Waals surface area contributed by atoms with E-state index in [0.29, 0.717) is 5.39 Å². The summed E-state index contributed by atoms with van der Waals surface area (Å²) >= 11 is 0. The van der Waals surface area contributed by atoms with E-state index in [4.69, 9.17) is 4.98 Å². The Morgan fingerprint density at radius 1 is 1.22 bits per heavy atom. The van der Waals surface area contributed by atoms with Crippen LogP contribution in [0.3, 0.4) is 0 Å². The Labute approximate surface area is 133 Å². The van der Waals surface area contributed by atoms with Crippen LogP contribution < -0.4 is 10.5 Å². The lowest BCUT2D eigenvalue weighted by Gasteiger charge is -2.26. The molecule has 2 aromatic heterocycles. The second-order valence-corrected chi connectivity index (χ2v) is 5.77. The lowest BCUT2D eigenvalue weighted by molar-refractivity contribution is 0.607. The van der Waals surface area contributed by atoms with E-state index in [1.807, 2.05) is 24.3 Å². The molecule has 1 aliphatic heterocycles. The van der Waals surface area contributed by atoms with E-state index in [9.17, 15) is 4.79 Å². The maximum atomic E-state index is 12.6. The zero-order chi connectivity index (χ0) is 15.8. The first-order valence-electron chi connectivity index (χ1n) is 7.74. The van der Waals surface area contributed by atoms with Gasteiger partial charge in [-0.3, -0.25) is 14.3 Å². The highest BCUT2D eigenvalue weighted by Crippen LogP contribution is 2.33. The molecule has 0 spiro atoms. The van der Waals surface area contributed by atoms with E-state index in [0.717, 1.165) is 36.5 Å². The van der Waals surface area contributed by atoms with Crippen LogP contribution >= 0.6 is 0 Å². The van der Waals surface area contributed by atoms with Gasteiger partial charge in [-0.05, 0) is 25.0 Å². The average molecular weight is 307 g/mol. The molecule has 6 heteroatoms. The fourth-order valence-electron chi connectivity index (χ4n) is 3.28. The molecule has 1 aliphatic rings. The molecule has 0 aliphatic carbocycles. The number of aromatic nitrogens is 4. The van der Waals surface area contributed by atoms with Crippen LogP contribution in [0.2, 0.25) is 0 Å². The monoisotopic (exact) mass is 307 g/mol. The molecule has 1 aromatic carbocycles. The number of fused-ring (bicyclic) bond motifs is 1. The van der Waals surface area contributed by atoms with Gasteiger partial charge in [0.25, 0.3) is 5.56 Å². The highest BCUT2D eigenvalue weighted by molar-refractivity contribution is 5.77. The van der Waals surface area contributed by atoms with Gasteiger partial charge < -0.3 is 4.90 Å². The van der Waals surface area contributed by atoms with Gasteiger partial charge in [0.15, 0.2) is 0 Å². The highest BCUT2D eigenvalue weighted by Gasteiger charge is 2.30. The quantitative estimate of drug-likeness (QED) is 0.725. The minimum atomic E-state index is -0.00315. The van der Waals surface area contributed by atoms with Crippen LogP contribution in [0.5, 0.6) is 0 Å². The molecular weight excluding hydrogens is 290 g/mol. The molecule has 6 nitrogen and oxygen atoms in total. The summed E-state index contributed by atoms with van der Waals surface area (Å²) in [5, 5.41) is 0.655. The SMILES string of the molecule is Cn1c(C2CCCN2c2cnccn2)nc2ccccc2c1=O. The normalized spacial score (nSPS) is 17.8. The predicted molar refractivity (Wildman–Crippen MR) is 88.3 cm³/mol. The third-order valence-corrected chi connectivity index (χ3v) is 4.41. The van der Waals surface area contributed by atoms with Crippen molar-refractivity contribution in [3.8, 4) is 0 Å². The van der Waals surface area contributed by atoms with Gasteiger partial charge in [0.1, 0.15) is 11.6 Å². The number of rotatable bonds is 2. The molecule has 1 fully saturated rings. The fraction of sp³-hybridized carbons (Fsp3) is 0.294. The van der Waals surface area contributed by atoms with Crippen molar-refractivity contribution in [2.24, 2.45) is 7.05 Å². The van der Waals surface area contributed by atoms with Crippen molar-refractivity contribution in [2.75, 3.05) is 11.4 Å². The number of para-hydroxylation sites is 1. The average Bonchev–Trinajstić information content (AvgIpc) is 3.08. The van der Waals surface area contributed by atoms with Gasteiger partial charge in [0, 0.05) is 26.0 Å². The molecule has 0 radical (unpaired) electrons. The van der Waals surface area contributed by atoms with E-state index in [1.54, 1.807) is 30.2 Å². The molecule has 1 unspecified atom stereocenters. The molecule has 23 heavy (non-hydrogen) atoms. The molecule has 0 saturated carbocycles. The van der Waals surface area contributed by atoms with Gasteiger partial charge in [-0.1, -0.05) is 12.1 Å². The van der Waals surface area contributed by atoms with Gasteiger partial charge in [-0.2, -0.15) is 0 Å². The molecule has 0 N–H and O–H groups in total. The third kappa shape index (κ3) is 2.27. The smallest absolute Gasteiger partial charge is 0.261 e. The van der Waals surface area contributed by atoms with Crippen molar-refractivity contribution in [1.82, 2.24) is 19.5 Å². The van der Waals surface area contributed by atoms with E-state index < -0.39 is 0 Å².